The normalized spacial score (nSPS) is 15.1. The highest BCUT2D eigenvalue weighted by atomic mass is 35.5. The van der Waals surface area contributed by atoms with E-state index >= 15 is 0 Å². The third-order valence-corrected chi connectivity index (χ3v) is 2.89. The fourth-order valence-corrected chi connectivity index (χ4v) is 2.07. The zero-order chi connectivity index (χ0) is 13.6. The molecule has 0 fully saturated rings. The predicted molar refractivity (Wildman–Crippen MR) is 69.1 cm³/mol. The van der Waals surface area contributed by atoms with Gasteiger partial charge < -0.3 is 15.1 Å². The molecule has 102 valence electrons. The maximum Gasteiger partial charge on any atom is 0.225 e. The van der Waals surface area contributed by atoms with Gasteiger partial charge >= 0.3 is 0 Å². The van der Waals surface area contributed by atoms with Gasteiger partial charge in [0.2, 0.25) is 5.91 Å². The van der Waals surface area contributed by atoms with Crippen LogP contribution in [0.15, 0.2) is 0 Å². The third kappa shape index (κ3) is 6.24. The summed E-state index contributed by atoms with van der Waals surface area (Å²) in [5.41, 5.74) is 0. The topological polar surface area (TPSA) is 60.8 Å². The molecule has 2 atom stereocenters. The van der Waals surface area contributed by atoms with Gasteiger partial charge in [0.1, 0.15) is 0 Å². The van der Waals surface area contributed by atoms with Crippen molar-refractivity contribution >= 4 is 17.5 Å². The minimum absolute atomic E-state index is 0.0321. The van der Waals surface area contributed by atoms with Gasteiger partial charge in [-0.2, -0.15) is 0 Å². The summed E-state index contributed by atoms with van der Waals surface area (Å²) < 4.78 is 0. The van der Waals surface area contributed by atoms with E-state index in [2.05, 4.69) is 0 Å². The van der Waals surface area contributed by atoms with Crippen LogP contribution in [-0.4, -0.2) is 51.2 Å². The molecule has 1 amide bonds. The summed E-state index contributed by atoms with van der Waals surface area (Å²) in [5, 5.41) is 18.9. The molecule has 0 heterocycles. The summed E-state index contributed by atoms with van der Waals surface area (Å²) in [6.07, 6.45) is -1.42. The van der Waals surface area contributed by atoms with Crippen molar-refractivity contribution in [2.24, 2.45) is 0 Å². The van der Waals surface area contributed by atoms with Gasteiger partial charge in [-0.3, -0.25) is 4.79 Å². The summed E-state index contributed by atoms with van der Waals surface area (Å²) in [4.78, 5) is 13.7. The average Bonchev–Trinajstić information content (AvgIpc) is 2.15. The lowest BCUT2D eigenvalue weighted by Gasteiger charge is -2.31. The van der Waals surface area contributed by atoms with Crippen LogP contribution in [0, 0.1) is 0 Å². The lowest BCUT2D eigenvalue weighted by molar-refractivity contribution is -0.137. The fourth-order valence-electron chi connectivity index (χ4n) is 1.94. The molecule has 0 spiro atoms. The number of alkyl halides is 1. The van der Waals surface area contributed by atoms with Crippen LogP contribution < -0.4 is 0 Å². The maximum absolute atomic E-state index is 12.0. The van der Waals surface area contributed by atoms with Crippen LogP contribution in [-0.2, 0) is 4.79 Å². The molecular formula is C12H24ClNO3. The van der Waals surface area contributed by atoms with Crippen LogP contribution >= 0.6 is 11.6 Å². The standard InChI is InChI=1S/C12H24ClNO3/c1-8(2)14(9(3)4)12(17)6-10(15)5-11(16)7-13/h8-11,15-16H,5-7H2,1-4H3/t10-,11+/m1/s1. The largest absolute Gasteiger partial charge is 0.392 e. The van der Waals surface area contributed by atoms with Crippen LogP contribution in [0.4, 0.5) is 0 Å². The van der Waals surface area contributed by atoms with Gasteiger partial charge in [0.25, 0.3) is 0 Å². The molecule has 0 aliphatic carbocycles. The van der Waals surface area contributed by atoms with Gasteiger partial charge in [0.15, 0.2) is 0 Å². The number of amides is 1. The van der Waals surface area contributed by atoms with E-state index in [1.165, 1.54) is 0 Å². The smallest absolute Gasteiger partial charge is 0.225 e. The van der Waals surface area contributed by atoms with E-state index in [9.17, 15) is 15.0 Å². The first-order chi connectivity index (χ1) is 7.79. The molecule has 0 aliphatic heterocycles. The van der Waals surface area contributed by atoms with Crippen molar-refractivity contribution in [3.63, 3.8) is 0 Å². The zero-order valence-electron chi connectivity index (χ0n) is 11.1. The van der Waals surface area contributed by atoms with Gasteiger partial charge in [-0.1, -0.05) is 0 Å². The monoisotopic (exact) mass is 265 g/mol. The Hall–Kier alpha value is -0.320. The number of aliphatic hydroxyl groups excluding tert-OH is 2. The molecule has 17 heavy (non-hydrogen) atoms. The molecule has 2 N–H and O–H groups in total. The Bertz CT molecular complexity index is 226. The maximum atomic E-state index is 12.0. The summed E-state index contributed by atoms with van der Waals surface area (Å²) in [5.74, 6) is -0.0205. The molecule has 0 unspecified atom stereocenters. The van der Waals surface area contributed by atoms with Gasteiger partial charge in [-0.25, -0.2) is 0 Å². The molecule has 0 saturated heterocycles. The van der Waals surface area contributed by atoms with E-state index in [0.29, 0.717) is 0 Å². The number of carbonyl (C=O) groups excluding carboxylic acids is 1. The quantitative estimate of drug-likeness (QED) is 0.684. The van der Waals surface area contributed by atoms with Crippen LogP contribution in [0.25, 0.3) is 0 Å². The first kappa shape index (κ1) is 16.7. The van der Waals surface area contributed by atoms with Crippen LogP contribution in [0.3, 0.4) is 0 Å². The number of halogens is 1. The summed E-state index contributed by atoms with van der Waals surface area (Å²) in [6, 6.07) is 0.209. The molecule has 0 aromatic heterocycles. The van der Waals surface area contributed by atoms with E-state index in [1.807, 2.05) is 27.7 Å². The zero-order valence-corrected chi connectivity index (χ0v) is 11.8. The van der Waals surface area contributed by atoms with Crippen molar-refractivity contribution in [3.05, 3.63) is 0 Å². The predicted octanol–water partition coefficient (Wildman–Crippen LogP) is 1.37. The molecule has 0 aromatic rings. The van der Waals surface area contributed by atoms with Crippen molar-refractivity contribution in [2.75, 3.05) is 5.88 Å². The number of carbonyl (C=O) groups is 1. The Morgan fingerprint density at radius 2 is 1.59 bits per heavy atom. The molecule has 0 rings (SSSR count). The van der Waals surface area contributed by atoms with E-state index < -0.39 is 12.2 Å². The first-order valence-electron chi connectivity index (χ1n) is 6.02. The molecule has 0 aliphatic rings. The average molecular weight is 266 g/mol. The molecular weight excluding hydrogens is 242 g/mol. The number of nitrogens with zero attached hydrogens (tertiary/aromatic N) is 1. The highest BCUT2D eigenvalue weighted by Gasteiger charge is 2.23. The second kappa shape index (κ2) is 7.90. The van der Waals surface area contributed by atoms with Crippen molar-refractivity contribution in [2.45, 2.75) is 64.8 Å². The fraction of sp³-hybridized carbons (Fsp3) is 0.917. The van der Waals surface area contributed by atoms with Gasteiger partial charge in [-0.15, -0.1) is 11.6 Å². The molecule has 4 nitrogen and oxygen atoms in total. The number of hydrogen-bond donors (Lipinski definition) is 2. The van der Waals surface area contributed by atoms with Crippen LogP contribution in [0.5, 0.6) is 0 Å². The Labute approximate surface area is 109 Å². The van der Waals surface area contributed by atoms with Crippen molar-refractivity contribution in [3.8, 4) is 0 Å². The summed E-state index contributed by atoms with van der Waals surface area (Å²) in [7, 11) is 0. The van der Waals surface area contributed by atoms with Gasteiger partial charge in [-0.05, 0) is 27.7 Å². The number of aliphatic hydroxyl groups is 2. The van der Waals surface area contributed by atoms with Crippen molar-refractivity contribution in [1.29, 1.82) is 0 Å². The summed E-state index contributed by atoms with van der Waals surface area (Å²) in [6.45, 7) is 7.77. The SMILES string of the molecule is CC(C)N(C(=O)C[C@H](O)C[C@H](O)CCl)C(C)C. The first-order valence-corrected chi connectivity index (χ1v) is 6.56. The van der Waals surface area contributed by atoms with E-state index in [0.717, 1.165) is 0 Å². The molecule has 0 bridgehead atoms. The lowest BCUT2D eigenvalue weighted by atomic mass is 10.1. The third-order valence-electron chi connectivity index (χ3n) is 2.53. The van der Waals surface area contributed by atoms with Crippen molar-refractivity contribution in [1.82, 2.24) is 4.90 Å². The number of rotatable bonds is 7. The Morgan fingerprint density at radius 3 is 1.94 bits per heavy atom. The van der Waals surface area contributed by atoms with E-state index in [-0.39, 0.29) is 36.7 Å². The molecule has 0 aromatic carbocycles. The minimum Gasteiger partial charge on any atom is -0.392 e. The van der Waals surface area contributed by atoms with Crippen LogP contribution in [0.2, 0.25) is 0 Å². The second-order valence-electron chi connectivity index (χ2n) is 4.89. The highest BCUT2D eigenvalue weighted by molar-refractivity contribution is 6.18. The van der Waals surface area contributed by atoms with Crippen LogP contribution in [0.1, 0.15) is 40.5 Å². The van der Waals surface area contributed by atoms with Gasteiger partial charge in [0, 0.05) is 24.4 Å². The Balaban J connectivity index is 4.31. The Morgan fingerprint density at radius 1 is 1.12 bits per heavy atom. The molecule has 0 radical (unpaired) electrons. The summed E-state index contributed by atoms with van der Waals surface area (Å²) >= 11 is 5.44. The molecule has 0 saturated carbocycles. The highest BCUT2D eigenvalue weighted by Crippen LogP contribution is 2.11. The van der Waals surface area contributed by atoms with Crippen molar-refractivity contribution < 1.29 is 15.0 Å². The van der Waals surface area contributed by atoms with E-state index in [1.54, 1.807) is 4.90 Å². The minimum atomic E-state index is -0.837. The van der Waals surface area contributed by atoms with E-state index in [4.69, 9.17) is 11.6 Å². The number of hydrogen-bond acceptors (Lipinski definition) is 3. The second-order valence-corrected chi connectivity index (χ2v) is 5.20. The Kier molecular flexibility index (Phi) is 7.75. The lowest BCUT2D eigenvalue weighted by Crippen LogP contribution is -2.43. The molecule has 5 heteroatoms. The van der Waals surface area contributed by atoms with Gasteiger partial charge in [0.05, 0.1) is 18.6 Å².